The molecule has 4 aliphatic carbocycles. The van der Waals surface area contributed by atoms with Gasteiger partial charge in [-0.1, -0.05) is 29.4 Å². The van der Waals surface area contributed by atoms with Gasteiger partial charge in [-0.2, -0.15) is 0 Å². The Balaban J connectivity index is 1.29. The molecule has 0 spiro atoms. The molecule has 4 aliphatic rings. The molecule has 0 N–H and O–H groups in total. The molecule has 0 radical (unpaired) electrons. The van der Waals surface area contributed by atoms with E-state index in [-0.39, 0.29) is 5.82 Å². The third-order valence-electron chi connectivity index (χ3n) is 7.00. The van der Waals surface area contributed by atoms with Crippen molar-refractivity contribution < 1.29 is 4.39 Å². The minimum absolute atomic E-state index is 0.301. The normalized spacial score (nSPS) is 31.6. The van der Waals surface area contributed by atoms with Gasteiger partial charge in [-0.25, -0.2) is 4.39 Å². The van der Waals surface area contributed by atoms with Gasteiger partial charge in [-0.15, -0.1) is 10.2 Å². The fourth-order valence-corrected chi connectivity index (χ4v) is 7.49. The number of thioether (sulfide) groups is 1. The molecule has 1 heterocycles. The first kappa shape index (κ1) is 18.0. The highest BCUT2D eigenvalue weighted by atomic mass is 35.5. The Bertz CT molecular complexity index is 830. The number of nitrogens with zero attached hydrogens (tertiary/aromatic N) is 3. The van der Waals surface area contributed by atoms with Gasteiger partial charge in [-0.05, 0) is 79.4 Å². The molecule has 1 aromatic heterocycles. The van der Waals surface area contributed by atoms with E-state index >= 15 is 0 Å². The van der Waals surface area contributed by atoms with Crippen LogP contribution in [0.1, 0.15) is 49.9 Å². The fourth-order valence-electron chi connectivity index (χ4n) is 6.25. The summed E-state index contributed by atoms with van der Waals surface area (Å²) in [4.78, 5) is 0. The molecule has 0 unspecified atom stereocenters. The third kappa shape index (κ3) is 3.42. The predicted molar refractivity (Wildman–Crippen MR) is 106 cm³/mol. The molecule has 1 aromatic carbocycles. The molecule has 144 valence electrons. The van der Waals surface area contributed by atoms with Crippen LogP contribution in [0.3, 0.4) is 0 Å². The molecule has 27 heavy (non-hydrogen) atoms. The van der Waals surface area contributed by atoms with Crippen LogP contribution in [-0.2, 0) is 19.2 Å². The summed E-state index contributed by atoms with van der Waals surface area (Å²) in [7, 11) is 2.07. The molecule has 0 amide bonds. The van der Waals surface area contributed by atoms with Gasteiger partial charge in [-0.3, -0.25) is 0 Å². The summed E-state index contributed by atoms with van der Waals surface area (Å²) in [6.07, 6.45) is 9.64. The van der Waals surface area contributed by atoms with Crippen molar-refractivity contribution in [3.8, 4) is 0 Å². The first-order valence-electron chi connectivity index (χ1n) is 9.95. The quantitative estimate of drug-likeness (QED) is 0.601. The van der Waals surface area contributed by atoms with Gasteiger partial charge < -0.3 is 4.57 Å². The number of hydrogen-bond acceptors (Lipinski definition) is 3. The van der Waals surface area contributed by atoms with Crippen LogP contribution in [0.2, 0.25) is 5.02 Å². The van der Waals surface area contributed by atoms with Crippen molar-refractivity contribution in [2.24, 2.45) is 30.2 Å². The Labute approximate surface area is 169 Å². The lowest BCUT2D eigenvalue weighted by molar-refractivity contribution is -0.0535. The standard InChI is InChI=1S/C21H25ClFN3S/c1-26-19(11-21-8-13-4-14(9-21)6-15(5-13)10-21)24-25-20(26)27-12-16-2-3-17(23)7-18(16)22/h2-3,7,13-15H,4-6,8-12H2,1H3. The number of halogens is 2. The van der Waals surface area contributed by atoms with Crippen molar-refractivity contribution in [2.75, 3.05) is 0 Å². The lowest BCUT2D eigenvalue weighted by Crippen LogP contribution is -2.47. The van der Waals surface area contributed by atoms with Crippen molar-refractivity contribution in [3.63, 3.8) is 0 Å². The van der Waals surface area contributed by atoms with Crippen molar-refractivity contribution in [2.45, 2.75) is 55.9 Å². The summed E-state index contributed by atoms with van der Waals surface area (Å²) in [5.41, 5.74) is 1.39. The lowest BCUT2D eigenvalue weighted by atomic mass is 9.49. The monoisotopic (exact) mass is 405 g/mol. The van der Waals surface area contributed by atoms with Gasteiger partial charge in [0, 0.05) is 24.2 Å². The second-order valence-electron chi connectivity index (χ2n) is 9.08. The van der Waals surface area contributed by atoms with Crippen molar-refractivity contribution >= 4 is 23.4 Å². The summed E-state index contributed by atoms with van der Waals surface area (Å²) in [5.74, 6) is 4.36. The van der Waals surface area contributed by atoms with Crippen LogP contribution in [0, 0.1) is 29.0 Å². The van der Waals surface area contributed by atoms with Gasteiger partial charge in [0.25, 0.3) is 0 Å². The number of hydrogen-bond donors (Lipinski definition) is 0. The van der Waals surface area contributed by atoms with Crippen molar-refractivity contribution in [1.82, 2.24) is 14.8 Å². The molecular formula is C21H25ClFN3S. The second kappa shape index (κ2) is 6.77. The van der Waals surface area contributed by atoms with Crippen LogP contribution in [0.15, 0.2) is 23.4 Å². The van der Waals surface area contributed by atoms with Gasteiger partial charge in [0.1, 0.15) is 11.6 Å². The first-order chi connectivity index (χ1) is 13.0. The molecule has 2 aromatic rings. The Morgan fingerprint density at radius 3 is 2.44 bits per heavy atom. The molecule has 4 saturated carbocycles. The van der Waals surface area contributed by atoms with Crippen molar-refractivity contribution in [1.29, 1.82) is 0 Å². The van der Waals surface area contributed by atoms with E-state index in [1.807, 2.05) is 0 Å². The maximum atomic E-state index is 13.2. The molecule has 0 saturated heterocycles. The maximum absolute atomic E-state index is 13.2. The summed E-state index contributed by atoms with van der Waals surface area (Å²) in [6.45, 7) is 0. The fraction of sp³-hybridized carbons (Fsp3) is 0.619. The van der Waals surface area contributed by atoms with Gasteiger partial charge in [0.05, 0.1) is 0 Å². The molecule has 4 bridgehead atoms. The zero-order valence-corrected chi connectivity index (χ0v) is 17.2. The van der Waals surface area contributed by atoms with Crippen LogP contribution in [-0.4, -0.2) is 14.8 Å². The van der Waals surface area contributed by atoms with E-state index in [9.17, 15) is 4.39 Å². The molecular weight excluding hydrogens is 381 g/mol. The second-order valence-corrected chi connectivity index (χ2v) is 10.4. The van der Waals surface area contributed by atoms with E-state index < -0.39 is 0 Å². The minimum Gasteiger partial charge on any atom is -0.309 e. The smallest absolute Gasteiger partial charge is 0.191 e. The topological polar surface area (TPSA) is 30.7 Å². The number of benzene rings is 1. The van der Waals surface area contributed by atoms with Crippen LogP contribution in [0.4, 0.5) is 4.39 Å². The molecule has 3 nitrogen and oxygen atoms in total. The highest BCUT2D eigenvalue weighted by Gasteiger charge is 2.51. The Morgan fingerprint density at radius 1 is 1.15 bits per heavy atom. The molecule has 0 atom stereocenters. The Hall–Kier alpha value is -1.07. The van der Waals surface area contributed by atoms with Crippen LogP contribution >= 0.6 is 23.4 Å². The van der Waals surface area contributed by atoms with E-state index in [2.05, 4.69) is 21.8 Å². The SMILES string of the molecule is Cn1c(CC23CC4CC(CC(C4)C2)C3)nnc1SCc1ccc(F)cc1Cl. The van der Waals surface area contributed by atoms with Crippen molar-refractivity contribution in [3.05, 3.63) is 40.4 Å². The molecule has 4 fully saturated rings. The summed E-state index contributed by atoms with van der Waals surface area (Å²) < 4.78 is 15.4. The highest BCUT2D eigenvalue weighted by molar-refractivity contribution is 7.98. The summed E-state index contributed by atoms with van der Waals surface area (Å²) >= 11 is 7.76. The Kier molecular flexibility index (Phi) is 4.51. The molecule has 6 rings (SSSR count). The summed E-state index contributed by atoms with van der Waals surface area (Å²) in [6, 6.07) is 4.57. The summed E-state index contributed by atoms with van der Waals surface area (Å²) in [5, 5.41) is 10.4. The van der Waals surface area contributed by atoms with Crippen LogP contribution < -0.4 is 0 Å². The van der Waals surface area contributed by atoms with E-state index in [0.717, 1.165) is 40.7 Å². The zero-order chi connectivity index (χ0) is 18.6. The molecule has 0 aliphatic heterocycles. The lowest BCUT2D eigenvalue weighted by Gasteiger charge is -2.56. The van der Waals surface area contributed by atoms with Gasteiger partial charge >= 0.3 is 0 Å². The predicted octanol–water partition coefficient (Wildman–Crippen LogP) is 5.66. The van der Waals surface area contributed by atoms with Crippen LogP contribution in [0.5, 0.6) is 0 Å². The number of aromatic nitrogens is 3. The first-order valence-corrected chi connectivity index (χ1v) is 11.3. The van der Waals surface area contributed by atoms with E-state index in [1.54, 1.807) is 17.8 Å². The highest BCUT2D eigenvalue weighted by Crippen LogP contribution is 2.60. The largest absolute Gasteiger partial charge is 0.309 e. The molecule has 6 heteroatoms. The zero-order valence-electron chi connectivity index (χ0n) is 15.6. The number of rotatable bonds is 5. The van der Waals surface area contributed by atoms with Gasteiger partial charge in [0.2, 0.25) is 0 Å². The van der Waals surface area contributed by atoms with E-state index in [0.29, 0.717) is 16.2 Å². The van der Waals surface area contributed by atoms with Crippen LogP contribution in [0.25, 0.3) is 0 Å². The third-order valence-corrected chi connectivity index (χ3v) is 8.42. The Morgan fingerprint density at radius 2 is 1.81 bits per heavy atom. The van der Waals surface area contributed by atoms with E-state index in [4.69, 9.17) is 11.6 Å². The van der Waals surface area contributed by atoms with E-state index in [1.165, 1.54) is 50.7 Å². The van der Waals surface area contributed by atoms with Gasteiger partial charge in [0.15, 0.2) is 5.16 Å². The maximum Gasteiger partial charge on any atom is 0.191 e. The minimum atomic E-state index is -0.301. The average molecular weight is 406 g/mol. The average Bonchev–Trinajstić information content (AvgIpc) is 2.92.